The van der Waals surface area contributed by atoms with Crippen molar-refractivity contribution < 1.29 is 9.84 Å². The van der Waals surface area contributed by atoms with Crippen LogP contribution in [-0.4, -0.2) is 28.2 Å². The molecule has 2 aromatic carbocycles. The van der Waals surface area contributed by atoms with E-state index in [9.17, 15) is 5.11 Å². The molecule has 0 spiro atoms. The molecule has 0 fully saturated rings. The van der Waals surface area contributed by atoms with Crippen LogP contribution in [0, 0.1) is 0 Å². The first-order valence-electron chi connectivity index (χ1n) is 8.90. The van der Waals surface area contributed by atoms with Crippen LogP contribution in [0.3, 0.4) is 0 Å². The van der Waals surface area contributed by atoms with Crippen molar-refractivity contribution in [2.75, 3.05) is 23.8 Å². The number of benzene rings is 2. The minimum Gasteiger partial charge on any atom is -0.508 e. The number of hydrogen-bond acceptors (Lipinski definition) is 6. The molecule has 2 heterocycles. The maximum atomic E-state index is 10.1. The fourth-order valence-electron chi connectivity index (χ4n) is 3.44. The van der Waals surface area contributed by atoms with Gasteiger partial charge in [-0.25, -0.2) is 0 Å². The van der Waals surface area contributed by atoms with Gasteiger partial charge in [0.25, 0.3) is 0 Å². The van der Waals surface area contributed by atoms with Crippen LogP contribution < -0.4 is 15.4 Å². The molecule has 6 heteroatoms. The Bertz CT molecular complexity index is 958. The van der Waals surface area contributed by atoms with Gasteiger partial charge in [-0.2, -0.15) is 9.97 Å². The quantitative estimate of drug-likeness (QED) is 0.751. The predicted molar refractivity (Wildman–Crippen MR) is 103 cm³/mol. The van der Waals surface area contributed by atoms with E-state index in [1.165, 1.54) is 0 Å². The lowest BCUT2D eigenvalue weighted by atomic mass is 10.0. The number of nitrogens with zero attached hydrogens (tertiary/aromatic N) is 3. The van der Waals surface area contributed by atoms with Crippen molar-refractivity contribution in [1.29, 1.82) is 0 Å². The van der Waals surface area contributed by atoms with E-state index in [0.717, 1.165) is 47.1 Å². The van der Waals surface area contributed by atoms with Crippen LogP contribution in [0.2, 0.25) is 0 Å². The van der Waals surface area contributed by atoms with E-state index in [1.54, 1.807) is 6.07 Å². The average Bonchev–Trinajstić information content (AvgIpc) is 2.65. The molecule has 0 saturated heterocycles. The zero-order valence-corrected chi connectivity index (χ0v) is 14.8. The molecule has 1 aliphatic heterocycles. The van der Waals surface area contributed by atoms with Gasteiger partial charge in [-0.05, 0) is 24.3 Å². The van der Waals surface area contributed by atoms with Crippen LogP contribution in [-0.2, 0) is 13.0 Å². The number of aromatic hydroxyl groups is 1. The number of fused-ring (bicyclic) bond motifs is 2. The molecule has 0 radical (unpaired) electrons. The van der Waals surface area contributed by atoms with Crippen molar-refractivity contribution in [1.82, 2.24) is 9.97 Å². The maximum absolute atomic E-state index is 10.1. The molecule has 134 valence electrons. The Balaban J connectivity index is 1.71. The number of aromatic nitrogens is 2. The summed E-state index contributed by atoms with van der Waals surface area (Å²) in [4.78, 5) is 11.1. The first kappa shape index (κ1) is 16.4. The molecule has 1 aromatic heterocycles. The van der Waals surface area contributed by atoms with Crippen LogP contribution in [0.5, 0.6) is 11.8 Å². The third-order valence-electron chi connectivity index (χ3n) is 4.68. The summed E-state index contributed by atoms with van der Waals surface area (Å²) in [7, 11) is 0. The summed E-state index contributed by atoms with van der Waals surface area (Å²) in [5, 5.41) is 12.3. The van der Waals surface area contributed by atoms with E-state index in [1.807, 2.05) is 31.2 Å². The number of rotatable bonds is 4. The minimum atomic E-state index is 0.263. The molecule has 0 saturated carbocycles. The molecule has 0 unspecified atom stereocenters. The van der Waals surface area contributed by atoms with Gasteiger partial charge in [0.2, 0.25) is 0 Å². The average molecular weight is 350 g/mol. The van der Waals surface area contributed by atoms with E-state index < -0.39 is 0 Å². The van der Waals surface area contributed by atoms with Gasteiger partial charge in [-0.15, -0.1) is 0 Å². The highest BCUT2D eigenvalue weighted by atomic mass is 16.5. The SMILES string of the molecule is CCCOc1nc(N)c2c(n1)CN(c1cc(O)cc3ccccc13)CC2. The van der Waals surface area contributed by atoms with Crippen molar-refractivity contribution >= 4 is 22.3 Å². The van der Waals surface area contributed by atoms with E-state index in [2.05, 4.69) is 20.9 Å². The van der Waals surface area contributed by atoms with Crippen molar-refractivity contribution in [3.05, 3.63) is 47.7 Å². The molecule has 1 aliphatic rings. The van der Waals surface area contributed by atoms with Crippen molar-refractivity contribution in [2.45, 2.75) is 26.3 Å². The second kappa shape index (κ2) is 6.71. The summed E-state index contributed by atoms with van der Waals surface area (Å²) in [5.41, 5.74) is 9.01. The Kier molecular flexibility index (Phi) is 4.24. The first-order chi connectivity index (χ1) is 12.7. The van der Waals surface area contributed by atoms with Gasteiger partial charge >= 0.3 is 6.01 Å². The molecular formula is C20H22N4O2. The molecule has 0 amide bonds. The summed E-state index contributed by atoms with van der Waals surface area (Å²) < 4.78 is 5.57. The highest BCUT2D eigenvalue weighted by molar-refractivity contribution is 5.95. The monoisotopic (exact) mass is 350 g/mol. The number of nitrogens with two attached hydrogens (primary N) is 1. The number of phenolic OH excluding ortho intramolecular Hbond substituents is 1. The maximum Gasteiger partial charge on any atom is 0.318 e. The van der Waals surface area contributed by atoms with Crippen LogP contribution in [0.15, 0.2) is 36.4 Å². The number of anilines is 2. The lowest BCUT2D eigenvalue weighted by molar-refractivity contribution is 0.291. The van der Waals surface area contributed by atoms with Crippen molar-refractivity contribution in [2.24, 2.45) is 0 Å². The fourth-order valence-corrected chi connectivity index (χ4v) is 3.44. The van der Waals surface area contributed by atoms with Crippen molar-refractivity contribution in [3.8, 4) is 11.8 Å². The van der Waals surface area contributed by atoms with Gasteiger partial charge in [0, 0.05) is 29.2 Å². The van der Waals surface area contributed by atoms with Gasteiger partial charge in [0.1, 0.15) is 11.6 Å². The molecule has 3 N–H and O–H groups in total. The topological polar surface area (TPSA) is 84.5 Å². The third-order valence-corrected chi connectivity index (χ3v) is 4.68. The lowest BCUT2D eigenvalue weighted by Gasteiger charge is -2.31. The smallest absolute Gasteiger partial charge is 0.318 e. The molecule has 0 atom stereocenters. The van der Waals surface area contributed by atoms with Crippen LogP contribution in [0.1, 0.15) is 24.6 Å². The Morgan fingerprint density at radius 2 is 2.08 bits per heavy atom. The number of phenols is 1. The van der Waals surface area contributed by atoms with Gasteiger partial charge in [-0.1, -0.05) is 31.2 Å². The zero-order chi connectivity index (χ0) is 18.1. The number of ether oxygens (including phenoxy) is 1. The Labute approximate surface area is 152 Å². The molecule has 0 aliphatic carbocycles. The van der Waals surface area contributed by atoms with Gasteiger partial charge < -0.3 is 20.5 Å². The van der Waals surface area contributed by atoms with E-state index >= 15 is 0 Å². The minimum absolute atomic E-state index is 0.263. The van der Waals surface area contributed by atoms with Gasteiger partial charge in [0.05, 0.1) is 18.8 Å². The molecule has 4 rings (SSSR count). The second-order valence-corrected chi connectivity index (χ2v) is 6.52. The van der Waals surface area contributed by atoms with Gasteiger partial charge in [0.15, 0.2) is 0 Å². The molecule has 0 bridgehead atoms. The fraction of sp³-hybridized carbons (Fsp3) is 0.300. The number of hydrogen-bond donors (Lipinski definition) is 2. The first-order valence-corrected chi connectivity index (χ1v) is 8.90. The van der Waals surface area contributed by atoms with Crippen LogP contribution in [0.4, 0.5) is 11.5 Å². The highest BCUT2D eigenvalue weighted by Crippen LogP contribution is 2.35. The predicted octanol–water partition coefficient (Wildman–Crippen LogP) is 3.27. The zero-order valence-electron chi connectivity index (χ0n) is 14.8. The third kappa shape index (κ3) is 2.98. The standard InChI is InChI=1S/C20H22N4O2/c1-2-9-26-20-22-17-12-24(8-7-16(17)19(21)23-20)18-11-14(25)10-13-5-3-4-6-15(13)18/h3-6,10-11,25H,2,7-9,12H2,1H3,(H2,21,22,23). The summed E-state index contributed by atoms with van der Waals surface area (Å²) in [6.07, 6.45) is 1.65. The Morgan fingerprint density at radius 3 is 2.92 bits per heavy atom. The summed E-state index contributed by atoms with van der Waals surface area (Å²) in [6, 6.07) is 12.0. The Hall–Kier alpha value is -3.02. The molecule has 26 heavy (non-hydrogen) atoms. The molecule has 3 aromatic rings. The lowest BCUT2D eigenvalue weighted by Crippen LogP contribution is -2.32. The molecule has 6 nitrogen and oxygen atoms in total. The number of nitrogen functional groups attached to an aromatic ring is 1. The summed E-state index contributed by atoms with van der Waals surface area (Å²) in [5.74, 6) is 0.764. The Morgan fingerprint density at radius 1 is 1.23 bits per heavy atom. The summed E-state index contributed by atoms with van der Waals surface area (Å²) >= 11 is 0. The van der Waals surface area contributed by atoms with Gasteiger partial charge in [-0.3, -0.25) is 0 Å². The molecular weight excluding hydrogens is 328 g/mol. The normalized spacial score (nSPS) is 13.7. The van der Waals surface area contributed by atoms with E-state index in [4.69, 9.17) is 10.5 Å². The van der Waals surface area contributed by atoms with Crippen molar-refractivity contribution in [3.63, 3.8) is 0 Å². The largest absolute Gasteiger partial charge is 0.508 e. The van der Waals surface area contributed by atoms with Crippen LogP contribution in [0.25, 0.3) is 10.8 Å². The second-order valence-electron chi connectivity index (χ2n) is 6.52. The van der Waals surface area contributed by atoms with Crippen LogP contribution >= 0.6 is 0 Å². The van der Waals surface area contributed by atoms with E-state index in [0.29, 0.717) is 25.0 Å². The van der Waals surface area contributed by atoms with E-state index in [-0.39, 0.29) is 5.75 Å². The highest BCUT2D eigenvalue weighted by Gasteiger charge is 2.23. The summed E-state index contributed by atoms with van der Waals surface area (Å²) in [6.45, 7) is 4.01.